The van der Waals surface area contributed by atoms with Crippen LogP contribution in [-0.4, -0.2) is 43.7 Å². The molecule has 0 radical (unpaired) electrons. The molecule has 0 aromatic carbocycles. The molecular formula is C14H19N7O. The molecule has 3 rings (SSSR count). The molecule has 0 aliphatic carbocycles. The van der Waals surface area contributed by atoms with E-state index in [9.17, 15) is 4.79 Å². The van der Waals surface area contributed by atoms with E-state index in [1.807, 2.05) is 13.8 Å². The van der Waals surface area contributed by atoms with E-state index < -0.39 is 5.91 Å². The lowest BCUT2D eigenvalue weighted by Crippen LogP contribution is -2.38. The molecule has 1 amide bonds. The van der Waals surface area contributed by atoms with Crippen molar-refractivity contribution in [3.8, 4) is 0 Å². The Bertz CT molecular complexity index is 696. The maximum Gasteiger partial charge on any atom is 0.288 e. The Morgan fingerprint density at radius 2 is 2.18 bits per heavy atom. The molecule has 1 saturated heterocycles. The van der Waals surface area contributed by atoms with Gasteiger partial charge in [0.25, 0.3) is 5.91 Å². The van der Waals surface area contributed by atoms with Gasteiger partial charge in [-0.1, -0.05) is 0 Å². The molecule has 0 spiro atoms. The van der Waals surface area contributed by atoms with Gasteiger partial charge in [0.1, 0.15) is 12.1 Å². The molecule has 1 aliphatic rings. The van der Waals surface area contributed by atoms with Crippen LogP contribution in [0.25, 0.3) is 0 Å². The lowest BCUT2D eigenvalue weighted by molar-refractivity contribution is 0.0990. The van der Waals surface area contributed by atoms with E-state index in [4.69, 9.17) is 5.73 Å². The maximum absolute atomic E-state index is 11.1. The number of aryl methyl sites for hydroxylation is 2. The lowest BCUT2D eigenvalue weighted by Gasteiger charge is -2.34. The summed E-state index contributed by atoms with van der Waals surface area (Å²) in [7, 11) is 0. The number of aromatic nitrogens is 5. The molecule has 22 heavy (non-hydrogen) atoms. The first-order chi connectivity index (χ1) is 10.5. The van der Waals surface area contributed by atoms with E-state index in [1.165, 1.54) is 0 Å². The normalized spacial score (nSPS) is 18.5. The molecule has 2 N–H and O–H groups in total. The van der Waals surface area contributed by atoms with Crippen molar-refractivity contribution in [3.63, 3.8) is 0 Å². The highest BCUT2D eigenvalue weighted by atomic mass is 16.1. The van der Waals surface area contributed by atoms with Gasteiger partial charge < -0.3 is 10.6 Å². The third-order valence-corrected chi connectivity index (χ3v) is 3.85. The second-order valence-electron chi connectivity index (χ2n) is 5.57. The van der Waals surface area contributed by atoms with Crippen LogP contribution >= 0.6 is 0 Å². The van der Waals surface area contributed by atoms with Crippen LogP contribution in [0.2, 0.25) is 0 Å². The number of anilines is 1. The summed E-state index contributed by atoms with van der Waals surface area (Å²) in [5.74, 6) is 0.371. The van der Waals surface area contributed by atoms with E-state index in [0.717, 1.165) is 43.1 Å². The Balaban J connectivity index is 1.81. The Kier molecular flexibility index (Phi) is 3.74. The molecule has 8 heteroatoms. The Labute approximate surface area is 128 Å². The van der Waals surface area contributed by atoms with E-state index in [2.05, 4.69) is 25.0 Å². The SMILES string of the molecule is Cc1cnc(C)c(N2CCC[C@H](n3cnc(C(N)=O)n3)C2)n1. The van der Waals surface area contributed by atoms with Crippen LogP contribution in [0.4, 0.5) is 5.82 Å². The third kappa shape index (κ3) is 2.76. The first-order valence-corrected chi connectivity index (χ1v) is 7.30. The molecule has 8 nitrogen and oxygen atoms in total. The molecule has 0 unspecified atom stereocenters. The number of hydrogen-bond acceptors (Lipinski definition) is 6. The van der Waals surface area contributed by atoms with Gasteiger partial charge in [-0.2, -0.15) is 0 Å². The van der Waals surface area contributed by atoms with Gasteiger partial charge in [-0.15, -0.1) is 5.10 Å². The number of rotatable bonds is 3. The fraction of sp³-hybridized carbons (Fsp3) is 0.500. The monoisotopic (exact) mass is 301 g/mol. The number of carbonyl (C=O) groups excluding carboxylic acids is 1. The Hall–Kier alpha value is -2.51. The van der Waals surface area contributed by atoms with Crippen molar-refractivity contribution >= 4 is 11.7 Å². The summed E-state index contributed by atoms with van der Waals surface area (Å²) in [6, 6.07) is 0.149. The van der Waals surface area contributed by atoms with Gasteiger partial charge >= 0.3 is 0 Å². The highest BCUT2D eigenvalue weighted by molar-refractivity contribution is 5.88. The summed E-state index contributed by atoms with van der Waals surface area (Å²) in [5.41, 5.74) is 7.03. The van der Waals surface area contributed by atoms with Crippen molar-refractivity contribution in [2.45, 2.75) is 32.7 Å². The summed E-state index contributed by atoms with van der Waals surface area (Å²) in [6.45, 7) is 5.60. The topological polar surface area (TPSA) is 103 Å². The molecule has 2 aromatic heterocycles. The first kappa shape index (κ1) is 14.4. The van der Waals surface area contributed by atoms with E-state index in [1.54, 1.807) is 17.2 Å². The molecule has 1 fully saturated rings. The summed E-state index contributed by atoms with van der Waals surface area (Å²) < 4.78 is 1.73. The predicted molar refractivity (Wildman–Crippen MR) is 80.5 cm³/mol. The minimum Gasteiger partial charge on any atom is -0.363 e. The Morgan fingerprint density at radius 3 is 2.91 bits per heavy atom. The predicted octanol–water partition coefficient (Wildman–Crippen LogP) is 0.625. The molecule has 2 aromatic rings. The van der Waals surface area contributed by atoms with Crippen LogP contribution in [0.15, 0.2) is 12.5 Å². The molecular weight excluding hydrogens is 282 g/mol. The highest BCUT2D eigenvalue weighted by Crippen LogP contribution is 2.26. The van der Waals surface area contributed by atoms with E-state index >= 15 is 0 Å². The smallest absolute Gasteiger partial charge is 0.288 e. The Morgan fingerprint density at radius 1 is 1.36 bits per heavy atom. The molecule has 0 saturated carbocycles. The first-order valence-electron chi connectivity index (χ1n) is 7.30. The number of nitrogens with two attached hydrogens (primary N) is 1. The average molecular weight is 301 g/mol. The fourth-order valence-electron chi connectivity index (χ4n) is 2.75. The second kappa shape index (κ2) is 5.70. The average Bonchev–Trinajstić information content (AvgIpc) is 3.00. The van der Waals surface area contributed by atoms with Crippen LogP contribution in [0.3, 0.4) is 0 Å². The van der Waals surface area contributed by atoms with Crippen LogP contribution in [0.1, 0.15) is 40.9 Å². The van der Waals surface area contributed by atoms with Crippen molar-refractivity contribution in [1.29, 1.82) is 0 Å². The number of nitrogens with zero attached hydrogens (tertiary/aromatic N) is 6. The summed E-state index contributed by atoms with van der Waals surface area (Å²) in [5, 5.41) is 4.17. The summed E-state index contributed by atoms with van der Waals surface area (Å²) in [6.07, 6.45) is 5.35. The van der Waals surface area contributed by atoms with E-state index in [-0.39, 0.29) is 11.9 Å². The number of piperidine rings is 1. The fourth-order valence-corrected chi connectivity index (χ4v) is 2.75. The highest BCUT2D eigenvalue weighted by Gasteiger charge is 2.25. The van der Waals surface area contributed by atoms with Gasteiger partial charge in [-0.05, 0) is 26.7 Å². The second-order valence-corrected chi connectivity index (χ2v) is 5.57. The maximum atomic E-state index is 11.1. The van der Waals surface area contributed by atoms with Crippen LogP contribution in [-0.2, 0) is 0 Å². The van der Waals surface area contributed by atoms with Crippen LogP contribution in [0, 0.1) is 13.8 Å². The third-order valence-electron chi connectivity index (χ3n) is 3.85. The standard InChI is InChI=1S/C14H19N7O/c1-9-6-16-10(2)14(18-9)20-5-3-4-11(7-20)21-8-17-13(19-21)12(15)22/h6,8,11H,3-5,7H2,1-2H3,(H2,15,22)/t11-/m0/s1. The molecule has 116 valence electrons. The van der Waals surface area contributed by atoms with Crippen molar-refractivity contribution in [1.82, 2.24) is 24.7 Å². The molecule has 1 aliphatic heterocycles. The van der Waals surface area contributed by atoms with Gasteiger partial charge in [0.05, 0.1) is 17.4 Å². The van der Waals surface area contributed by atoms with E-state index in [0.29, 0.717) is 0 Å². The van der Waals surface area contributed by atoms with Crippen LogP contribution in [0.5, 0.6) is 0 Å². The van der Waals surface area contributed by atoms with Crippen molar-refractivity contribution in [2.75, 3.05) is 18.0 Å². The molecule has 0 bridgehead atoms. The zero-order chi connectivity index (χ0) is 15.7. The summed E-state index contributed by atoms with van der Waals surface area (Å²) in [4.78, 5) is 26.3. The summed E-state index contributed by atoms with van der Waals surface area (Å²) >= 11 is 0. The van der Waals surface area contributed by atoms with Crippen molar-refractivity contribution in [2.24, 2.45) is 5.73 Å². The minimum atomic E-state index is -0.605. The zero-order valence-corrected chi connectivity index (χ0v) is 12.7. The van der Waals surface area contributed by atoms with Gasteiger partial charge in [0.2, 0.25) is 5.82 Å². The largest absolute Gasteiger partial charge is 0.363 e. The number of hydrogen-bond donors (Lipinski definition) is 1. The lowest BCUT2D eigenvalue weighted by atomic mass is 10.1. The number of primary amides is 1. The molecule has 3 heterocycles. The van der Waals surface area contributed by atoms with Gasteiger partial charge in [0.15, 0.2) is 0 Å². The van der Waals surface area contributed by atoms with Crippen LogP contribution < -0.4 is 10.6 Å². The van der Waals surface area contributed by atoms with Crippen molar-refractivity contribution in [3.05, 3.63) is 29.7 Å². The number of amides is 1. The molecule has 1 atom stereocenters. The van der Waals surface area contributed by atoms with Crippen molar-refractivity contribution < 1.29 is 4.79 Å². The number of carbonyl (C=O) groups is 1. The van der Waals surface area contributed by atoms with Gasteiger partial charge in [-0.3, -0.25) is 9.78 Å². The quantitative estimate of drug-likeness (QED) is 0.891. The minimum absolute atomic E-state index is 0.0589. The van der Waals surface area contributed by atoms with Gasteiger partial charge in [-0.25, -0.2) is 14.6 Å². The zero-order valence-electron chi connectivity index (χ0n) is 12.7. The van der Waals surface area contributed by atoms with Gasteiger partial charge in [0, 0.05) is 19.3 Å².